The number of nitrogens with two attached hydrogens (primary N) is 3. The molecule has 1 aliphatic heterocycles. The molecule has 490 valence electrons. The molecule has 0 spiro atoms. The summed E-state index contributed by atoms with van der Waals surface area (Å²) in [7, 11) is 5.29. The van der Waals surface area contributed by atoms with E-state index in [0.29, 0.717) is 32.7 Å². The van der Waals surface area contributed by atoms with Crippen LogP contribution in [0.3, 0.4) is 0 Å². The highest BCUT2D eigenvalue weighted by Gasteiger charge is 2.52. The Morgan fingerprint density at radius 2 is 0.938 bits per heavy atom. The van der Waals surface area contributed by atoms with Crippen molar-refractivity contribution in [1.82, 2.24) is 53.0 Å². The van der Waals surface area contributed by atoms with Crippen molar-refractivity contribution in [2.75, 3.05) is 11.1 Å². The van der Waals surface area contributed by atoms with E-state index in [-0.39, 0.29) is 64.6 Å². The molecule has 6 aromatic carbocycles. The number of rotatable bonds is 11. The summed E-state index contributed by atoms with van der Waals surface area (Å²) in [6.07, 6.45) is 12.4. The fourth-order valence-corrected chi connectivity index (χ4v) is 11.9. The minimum absolute atomic E-state index is 0.0690. The Morgan fingerprint density at radius 1 is 0.536 bits per heavy atom. The highest BCUT2D eigenvalue weighted by molar-refractivity contribution is 6.62. The van der Waals surface area contributed by atoms with E-state index in [4.69, 9.17) is 44.7 Å². The van der Waals surface area contributed by atoms with Crippen molar-refractivity contribution in [1.29, 1.82) is 0 Å². The summed E-state index contributed by atoms with van der Waals surface area (Å²) < 4.78 is 22.0. The summed E-state index contributed by atoms with van der Waals surface area (Å²) in [5.74, 6) is 0.418. The van der Waals surface area contributed by atoms with Crippen LogP contribution in [0.2, 0.25) is 5.02 Å². The number of pyridine rings is 3. The predicted molar refractivity (Wildman–Crippen MR) is 387 cm³/mol. The van der Waals surface area contributed by atoms with E-state index in [1.165, 1.54) is 6.33 Å². The first kappa shape index (κ1) is 67.4. The molecule has 0 aliphatic carbocycles. The molecule has 0 saturated carbocycles. The first-order chi connectivity index (χ1) is 46.4. The average molecular weight is 1310 g/mol. The third kappa shape index (κ3) is 13.9. The van der Waals surface area contributed by atoms with Crippen LogP contribution in [0, 0.1) is 6.57 Å². The average Bonchev–Trinajstić information content (AvgIpc) is 1.67. The summed E-state index contributed by atoms with van der Waals surface area (Å²) >= 11 is 6.21. The van der Waals surface area contributed by atoms with Gasteiger partial charge in [-0.25, -0.2) is 14.8 Å². The molecule has 0 unspecified atom stereocenters. The molecule has 7 N–H and O–H groups in total. The third-order valence-corrected chi connectivity index (χ3v) is 17.5. The van der Waals surface area contributed by atoms with Gasteiger partial charge in [0.2, 0.25) is 0 Å². The van der Waals surface area contributed by atoms with Crippen LogP contribution in [0.25, 0.3) is 76.5 Å². The van der Waals surface area contributed by atoms with Crippen molar-refractivity contribution in [3.8, 4) is 39.3 Å². The van der Waals surface area contributed by atoms with Gasteiger partial charge in [0, 0.05) is 109 Å². The summed E-state index contributed by atoms with van der Waals surface area (Å²) in [6, 6.07) is 50.7. The maximum absolute atomic E-state index is 14.1. The van der Waals surface area contributed by atoms with Crippen molar-refractivity contribution in [2.45, 2.75) is 77.8 Å². The van der Waals surface area contributed by atoms with Gasteiger partial charge in [0.15, 0.2) is 0 Å². The Bertz CT molecular complexity index is 5230. The van der Waals surface area contributed by atoms with E-state index in [0.717, 1.165) is 72.3 Å². The lowest BCUT2D eigenvalue weighted by Crippen LogP contribution is -2.41. The molecule has 14 rings (SSSR count). The minimum atomic E-state index is -0.385. The molecule has 13 aromatic rings. The van der Waals surface area contributed by atoms with Gasteiger partial charge in [-0.1, -0.05) is 115 Å². The number of nitrogens with one attached hydrogen (secondary N) is 1. The van der Waals surface area contributed by atoms with Crippen molar-refractivity contribution < 1.29 is 9.31 Å². The minimum Gasteiger partial charge on any atom is -0.399 e. The van der Waals surface area contributed by atoms with E-state index in [1.807, 2.05) is 246 Å². The van der Waals surface area contributed by atoms with Gasteiger partial charge in [-0.3, -0.25) is 42.1 Å². The number of nitrogen functional groups attached to an aromatic ring is 1. The third-order valence-electron chi connectivity index (χ3n) is 17.2. The molecular formula is C74H74BClN16O5. The fourth-order valence-electron chi connectivity index (χ4n) is 11.7. The molecule has 0 bridgehead atoms. The van der Waals surface area contributed by atoms with E-state index >= 15 is 0 Å². The largest absolute Gasteiger partial charge is 0.498 e. The number of benzene rings is 6. The molecule has 1 saturated heterocycles. The molecular weight excluding hydrogens is 1240 g/mol. The highest BCUT2D eigenvalue weighted by Crippen LogP contribution is 2.37. The standard InChI is InChI=1S/C26H22N8O.C21H20N4O.C17H15ClN2O.C10H17BN2O2/c1-16(32-25-23(28-2)24(27)29-15-30-25)21-12-17-8-7-11-20(18-13-31-33(3)14-18)22(17)26(35)34(21)19-9-5-4-6-10-19;1-14(22)19-11-15-7-6-10-18(16-12-23-24(2)13-16)20(15)21(26)25(19)17-8-4-3-5-9-17;1-11(19)15-10-12-6-5-9-14(18)16(12)17(21)20(15)13-7-3-2-4-8-13;1-9(2)10(3,4)15-11(14-9)8-6-12-13(5)7-8/h4-16H,1,3H3,(H3,27,29,30,32);3-14H,22H2,1-2H3;2-11H,19H2,1H3;6-7H,1-5H3/t16-;14-;11-;/m000./s1. The van der Waals surface area contributed by atoms with Gasteiger partial charge in [0.05, 0.1) is 57.4 Å². The second-order valence-corrected chi connectivity index (χ2v) is 25.1. The smallest absolute Gasteiger partial charge is 0.399 e. The second-order valence-electron chi connectivity index (χ2n) is 24.7. The van der Waals surface area contributed by atoms with Gasteiger partial charge in [-0.05, 0) is 136 Å². The molecule has 97 heavy (non-hydrogen) atoms. The lowest BCUT2D eigenvalue weighted by atomic mass is 9.82. The molecule has 0 radical (unpaired) electrons. The fraction of sp³-hybridized carbons (Fsp3) is 0.203. The van der Waals surface area contributed by atoms with Crippen LogP contribution in [-0.4, -0.2) is 71.3 Å². The number of hydrogen-bond acceptors (Lipinski definition) is 14. The first-order valence-electron chi connectivity index (χ1n) is 31.4. The number of halogens is 1. The lowest BCUT2D eigenvalue weighted by molar-refractivity contribution is 0.00578. The molecule has 8 heterocycles. The molecule has 7 aromatic heterocycles. The van der Waals surface area contributed by atoms with Crippen molar-refractivity contribution in [2.24, 2.45) is 32.6 Å². The Balaban J connectivity index is 0.000000137. The van der Waals surface area contributed by atoms with E-state index in [9.17, 15) is 14.4 Å². The Hall–Kier alpha value is -11.1. The van der Waals surface area contributed by atoms with Crippen LogP contribution >= 0.6 is 11.6 Å². The van der Waals surface area contributed by atoms with E-state index in [1.54, 1.807) is 52.4 Å². The van der Waals surface area contributed by atoms with Gasteiger partial charge in [-0.2, -0.15) is 15.3 Å². The normalized spacial score (nSPS) is 13.9. The molecule has 23 heteroatoms. The maximum atomic E-state index is 14.1. The van der Waals surface area contributed by atoms with Crippen molar-refractivity contribution in [3.05, 3.63) is 272 Å². The molecule has 1 aliphatic rings. The predicted octanol–water partition coefficient (Wildman–Crippen LogP) is 12.3. The maximum Gasteiger partial charge on any atom is 0.498 e. The van der Waals surface area contributed by atoms with E-state index < -0.39 is 0 Å². The van der Waals surface area contributed by atoms with Gasteiger partial charge in [-0.15, -0.1) is 0 Å². The molecule has 3 atom stereocenters. The van der Waals surface area contributed by atoms with Crippen LogP contribution in [0.4, 0.5) is 17.3 Å². The zero-order chi connectivity index (χ0) is 69.0. The summed E-state index contributed by atoms with van der Waals surface area (Å²) in [6.45, 7) is 21.3. The number of aromatic nitrogens is 11. The van der Waals surface area contributed by atoms with Crippen LogP contribution in [-0.2, 0) is 30.5 Å². The topological polar surface area (TPSA) is 258 Å². The Morgan fingerprint density at radius 3 is 1.35 bits per heavy atom. The molecule has 21 nitrogen and oxygen atoms in total. The van der Waals surface area contributed by atoms with E-state index in [2.05, 4.69) is 35.4 Å². The summed E-state index contributed by atoms with van der Waals surface area (Å²) in [5, 5.41) is 20.6. The quantitative estimate of drug-likeness (QED) is 0.0694. The Kier molecular flexibility index (Phi) is 19.5. The monoisotopic (exact) mass is 1310 g/mol. The zero-order valence-electron chi connectivity index (χ0n) is 55.5. The number of para-hydroxylation sites is 3. The number of anilines is 2. The zero-order valence-corrected chi connectivity index (χ0v) is 56.2. The van der Waals surface area contributed by atoms with Crippen molar-refractivity contribution in [3.63, 3.8) is 0 Å². The molecule has 1 fully saturated rings. The number of hydrogen-bond donors (Lipinski definition) is 4. The van der Waals surface area contributed by atoms with Gasteiger partial charge >= 0.3 is 7.12 Å². The van der Waals surface area contributed by atoms with Crippen molar-refractivity contribution >= 4 is 73.8 Å². The number of nitrogens with zero attached hydrogens (tertiary/aromatic N) is 12. The SMILES string of the molecule is C[C@H](N)c1cc2cccc(-c3cnn(C)c3)c2c(=O)n1-c1ccccc1.C[C@H](N)c1cc2cccc(Cl)c2c(=O)n1-c1ccccc1.Cn1cc(B2OC(C)(C)C(C)(C)O2)cn1.[C-]#[N+]c1c(N)ncnc1N[C@@H](C)c1cc2cccc(-c3cnn(C)c3)c2c(=O)n1-c1ccccc1. The van der Waals surface area contributed by atoms with Crippen LogP contribution in [0.1, 0.15) is 83.7 Å². The highest BCUT2D eigenvalue weighted by atomic mass is 35.5. The van der Waals surface area contributed by atoms with Gasteiger partial charge in [0.1, 0.15) is 18.0 Å². The lowest BCUT2D eigenvalue weighted by Gasteiger charge is -2.32. The number of fused-ring (bicyclic) bond motifs is 3. The summed E-state index contributed by atoms with van der Waals surface area (Å²) in [4.78, 5) is 52.1. The first-order valence-corrected chi connectivity index (χ1v) is 31.8. The van der Waals surface area contributed by atoms with Gasteiger partial charge in [0.25, 0.3) is 22.4 Å². The van der Waals surface area contributed by atoms with Crippen LogP contribution < -0.4 is 44.7 Å². The number of aryl methyl sites for hydroxylation is 3. The van der Waals surface area contributed by atoms with Crippen LogP contribution in [0.5, 0.6) is 0 Å². The van der Waals surface area contributed by atoms with Crippen LogP contribution in [0.15, 0.2) is 222 Å². The summed E-state index contributed by atoms with van der Waals surface area (Å²) in [5.41, 5.74) is 26.4. The second kappa shape index (κ2) is 28.1. The Labute approximate surface area is 565 Å². The van der Waals surface area contributed by atoms with Gasteiger partial charge < -0.3 is 31.8 Å². The molecule has 0 amide bonds.